The van der Waals surface area contributed by atoms with Crippen LogP contribution in [0.15, 0.2) is 12.1 Å². The van der Waals surface area contributed by atoms with E-state index in [2.05, 4.69) is 0 Å². The second kappa shape index (κ2) is 3.87. The lowest BCUT2D eigenvalue weighted by molar-refractivity contribution is -0.384. The van der Waals surface area contributed by atoms with Crippen LogP contribution in [0.3, 0.4) is 0 Å². The maximum Gasteiger partial charge on any atom is 0.336 e. The van der Waals surface area contributed by atoms with Gasteiger partial charge in [-0.25, -0.2) is 4.79 Å². The average Bonchev–Trinajstić information content (AvgIpc) is 2.17. The van der Waals surface area contributed by atoms with Gasteiger partial charge in [-0.1, -0.05) is 0 Å². The Balaban J connectivity index is 3.51. The van der Waals surface area contributed by atoms with Crippen molar-refractivity contribution in [3.8, 4) is 0 Å². The molecule has 0 amide bonds. The number of rotatable bonds is 3. The molecule has 1 aromatic rings. The molecule has 0 aliphatic carbocycles. The normalized spacial score (nSPS) is 9.67. The Morgan fingerprint density at radius 1 is 1.53 bits per heavy atom. The van der Waals surface area contributed by atoms with Crippen molar-refractivity contribution in [2.45, 2.75) is 6.92 Å². The van der Waals surface area contributed by atoms with Crippen LogP contribution in [0.2, 0.25) is 0 Å². The standard InChI is InChI=1S/C9H7NO5/c1-5-6(4-11)2-7(10(14)15)3-8(5)9(12)13/h2-4H,1H3,(H,12,13). The maximum atomic E-state index is 10.7. The average molecular weight is 209 g/mol. The summed E-state index contributed by atoms with van der Waals surface area (Å²) in [7, 11) is 0. The molecule has 78 valence electrons. The number of non-ortho nitro benzene ring substituents is 1. The molecule has 0 unspecified atom stereocenters. The summed E-state index contributed by atoms with van der Waals surface area (Å²) in [6.45, 7) is 1.43. The SMILES string of the molecule is Cc1c(C=O)cc([N+](=O)[O-])cc1C(=O)O. The summed E-state index contributed by atoms with van der Waals surface area (Å²) >= 11 is 0. The topological polar surface area (TPSA) is 97.5 Å². The lowest BCUT2D eigenvalue weighted by Crippen LogP contribution is -2.04. The molecule has 6 nitrogen and oxygen atoms in total. The van der Waals surface area contributed by atoms with Crippen LogP contribution in [0.4, 0.5) is 5.69 Å². The van der Waals surface area contributed by atoms with Gasteiger partial charge in [0.1, 0.15) is 0 Å². The number of hydrogen-bond donors (Lipinski definition) is 1. The van der Waals surface area contributed by atoms with Gasteiger partial charge < -0.3 is 5.11 Å². The summed E-state index contributed by atoms with van der Waals surface area (Å²) in [5.74, 6) is -1.29. The molecule has 0 atom stereocenters. The molecule has 0 aromatic heterocycles. The molecule has 1 rings (SSSR count). The number of hydrogen-bond acceptors (Lipinski definition) is 4. The minimum atomic E-state index is -1.29. The van der Waals surface area contributed by atoms with Crippen LogP contribution in [-0.2, 0) is 0 Å². The molecule has 0 aliphatic rings. The van der Waals surface area contributed by atoms with Crippen LogP contribution in [0.25, 0.3) is 0 Å². The van der Waals surface area contributed by atoms with Gasteiger partial charge in [0.15, 0.2) is 6.29 Å². The molecule has 0 heterocycles. The summed E-state index contributed by atoms with van der Waals surface area (Å²) in [4.78, 5) is 31.0. The predicted molar refractivity (Wildman–Crippen MR) is 50.2 cm³/mol. The molecule has 0 saturated carbocycles. The second-order valence-corrected chi connectivity index (χ2v) is 2.89. The first-order valence-corrected chi connectivity index (χ1v) is 3.95. The Morgan fingerprint density at radius 3 is 2.53 bits per heavy atom. The quantitative estimate of drug-likeness (QED) is 0.461. The molecule has 0 radical (unpaired) electrons. The van der Waals surface area contributed by atoms with E-state index in [-0.39, 0.29) is 16.7 Å². The van der Waals surface area contributed by atoms with Crippen molar-refractivity contribution in [3.63, 3.8) is 0 Å². The zero-order valence-electron chi connectivity index (χ0n) is 7.76. The van der Waals surface area contributed by atoms with Crippen molar-refractivity contribution in [2.75, 3.05) is 0 Å². The van der Waals surface area contributed by atoms with Gasteiger partial charge in [0, 0.05) is 17.7 Å². The summed E-state index contributed by atoms with van der Waals surface area (Å²) < 4.78 is 0. The van der Waals surface area contributed by atoms with Crippen molar-refractivity contribution >= 4 is 17.9 Å². The highest BCUT2D eigenvalue weighted by Gasteiger charge is 2.17. The lowest BCUT2D eigenvalue weighted by Gasteiger charge is -2.03. The summed E-state index contributed by atoms with van der Waals surface area (Å²) in [5.41, 5.74) is -0.392. The summed E-state index contributed by atoms with van der Waals surface area (Å²) in [6.07, 6.45) is 0.398. The van der Waals surface area contributed by atoms with Crippen LogP contribution in [0.1, 0.15) is 26.3 Å². The van der Waals surface area contributed by atoms with E-state index in [1.807, 2.05) is 0 Å². The summed E-state index contributed by atoms with van der Waals surface area (Å²) in [6, 6.07) is 1.99. The Bertz CT molecular complexity index is 452. The number of nitro benzene ring substituents is 1. The lowest BCUT2D eigenvalue weighted by atomic mass is 10.0. The van der Waals surface area contributed by atoms with Gasteiger partial charge in [0.05, 0.1) is 10.5 Å². The number of carbonyl (C=O) groups is 2. The number of nitro groups is 1. The van der Waals surface area contributed by atoms with Crippen LogP contribution in [0.5, 0.6) is 0 Å². The first-order chi connectivity index (χ1) is 6.97. The highest BCUT2D eigenvalue weighted by atomic mass is 16.6. The van der Waals surface area contributed by atoms with E-state index in [0.717, 1.165) is 12.1 Å². The minimum absolute atomic E-state index is 0.0154. The van der Waals surface area contributed by atoms with E-state index in [1.165, 1.54) is 6.92 Å². The third kappa shape index (κ3) is 1.98. The fraction of sp³-hybridized carbons (Fsp3) is 0.111. The van der Waals surface area contributed by atoms with Gasteiger partial charge in [-0.3, -0.25) is 14.9 Å². The van der Waals surface area contributed by atoms with E-state index in [1.54, 1.807) is 0 Å². The third-order valence-electron chi connectivity index (χ3n) is 2.00. The first-order valence-electron chi connectivity index (χ1n) is 3.95. The molecular formula is C9H7NO5. The molecule has 0 fully saturated rings. The van der Waals surface area contributed by atoms with Crippen molar-refractivity contribution in [2.24, 2.45) is 0 Å². The zero-order valence-corrected chi connectivity index (χ0v) is 7.76. The number of carboxylic acids is 1. The van der Waals surface area contributed by atoms with Crippen LogP contribution in [-0.4, -0.2) is 22.3 Å². The summed E-state index contributed by atoms with van der Waals surface area (Å²) in [5, 5.41) is 19.2. The first kappa shape index (κ1) is 10.8. The Kier molecular flexibility index (Phi) is 2.80. The number of aromatic carboxylic acids is 1. The molecule has 15 heavy (non-hydrogen) atoms. The minimum Gasteiger partial charge on any atom is -0.478 e. The van der Waals surface area contributed by atoms with Gasteiger partial charge in [0.25, 0.3) is 5.69 Å². The molecule has 0 bridgehead atoms. The number of nitrogens with zero attached hydrogens (tertiary/aromatic N) is 1. The van der Waals surface area contributed by atoms with Crippen molar-refractivity contribution in [1.82, 2.24) is 0 Å². The van der Waals surface area contributed by atoms with Crippen molar-refractivity contribution in [1.29, 1.82) is 0 Å². The maximum absolute atomic E-state index is 10.7. The van der Waals surface area contributed by atoms with Gasteiger partial charge in [-0.2, -0.15) is 0 Å². The predicted octanol–water partition coefficient (Wildman–Crippen LogP) is 1.41. The number of carbonyl (C=O) groups excluding carboxylic acids is 1. The Labute approximate surface area is 84.3 Å². The monoisotopic (exact) mass is 209 g/mol. The zero-order chi connectivity index (χ0) is 11.6. The molecular weight excluding hydrogens is 202 g/mol. The van der Waals surface area contributed by atoms with Crippen LogP contribution < -0.4 is 0 Å². The molecule has 1 N–H and O–H groups in total. The van der Waals surface area contributed by atoms with E-state index in [4.69, 9.17) is 5.11 Å². The molecule has 6 heteroatoms. The highest BCUT2D eigenvalue weighted by molar-refractivity contribution is 5.94. The van der Waals surface area contributed by atoms with Gasteiger partial charge >= 0.3 is 5.97 Å². The Hall–Kier alpha value is -2.24. The van der Waals surface area contributed by atoms with E-state index in [9.17, 15) is 19.7 Å². The highest BCUT2D eigenvalue weighted by Crippen LogP contribution is 2.21. The van der Waals surface area contributed by atoms with Gasteiger partial charge in [-0.15, -0.1) is 0 Å². The fourth-order valence-corrected chi connectivity index (χ4v) is 1.17. The van der Waals surface area contributed by atoms with E-state index < -0.39 is 16.6 Å². The smallest absolute Gasteiger partial charge is 0.336 e. The Morgan fingerprint density at radius 2 is 2.13 bits per heavy atom. The third-order valence-corrected chi connectivity index (χ3v) is 2.00. The molecule has 0 spiro atoms. The van der Waals surface area contributed by atoms with Crippen molar-refractivity contribution in [3.05, 3.63) is 38.9 Å². The van der Waals surface area contributed by atoms with Crippen molar-refractivity contribution < 1.29 is 19.6 Å². The molecule has 0 aliphatic heterocycles. The van der Waals surface area contributed by atoms with Crippen LogP contribution in [0, 0.1) is 17.0 Å². The number of carboxylic acid groups (broad SMARTS) is 1. The number of benzene rings is 1. The van der Waals surface area contributed by atoms with Gasteiger partial charge in [0.2, 0.25) is 0 Å². The fourth-order valence-electron chi connectivity index (χ4n) is 1.17. The van der Waals surface area contributed by atoms with E-state index >= 15 is 0 Å². The largest absolute Gasteiger partial charge is 0.478 e. The van der Waals surface area contributed by atoms with Gasteiger partial charge in [-0.05, 0) is 12.5 Å². The van der Waals surface area contributed by atoms with E-state index in [0.29, 0.717) is 6.29 Å². The molecule has 0 saturated heterocycles. The van der Waals surface area contributed by atoms with Crippen LogP contribution >= 0.6 is 0 Å². The second-order valence-electron chi connectivity index (χ2n) is 2.89. The molecule has 1 aromatic carbocycles. The number of aldehydes is 1.